The van der Waals surface area contributed by atoms with Gasteiger partial charge in [0.1, 0.15) is 17.4 Å². The fraction of sp³-hybridized carbons (Fsp3) is 0.231. The predicted octanol–water partition coefficient (Wildman–Crippen LogP) is 5.19. The van der Waals surface area contributed by atoms with Crippen LogP contribution >= 0.6 is 0 Å². The fourth-order valence-corrected chi connectivity index (χ4v) is 3.80. The standard InChI is InChI=1S/C26H26FN3O2/c1-18-7-5-8-19(2)25(18)32-16-6-15-30-23-10-4-3-9-22(23)29-24(30)17-28-26(31)20-11-13-21(27)14-12-20/h3-5,7-14H,6,15-17H2,1-2H3,(H,28,31). The molecule has 1 N–H and O–H groups in total. The molecule has 164 valence electrons. The van der Waals surface area contributed by atoms with Crippen molar-refractivity contribution in [2.24, 2.45) is 0 Å². The van der Waals surface area contributed by atoms with Crippen molar-refractivity contribution in [2.45, 2.75) is 33.4 Å². The highest BCUT2D eigenvalue weighted by Gasteiger charge is 2.13. The Morgan fingerprint density at radius 1 is 1.00 bits per heavy atom. The maximum absolute atomic E-state index is 13.1. The SMILES string of the molecule is Cc1cccc(C)c1OCCCn1c(CNC(=O)c2ccc(F)cc2)nc2ccccc21. The number of para-hydroxylation sites is 3. The van der Waals surface area contributed by atoms with E-state index in [9.17, 15) is 9.18 Å². The Morgan fingerprint density at radius 2 is 1.72 bits per heavy atom. The maximum Gasteiger partial charge on any atom is 0.251 e. The largest absolute Gasteiger partial charge is 0.493 e. The van der Waals surface area contributed by atoms with E-state index in [2.05, 4.69) is 9.88 Å². The second-order valence-corrected chi connectivity index (χ2v) is 7.78. The molecule has 0 saturated carbocycles. The van der Waals surface area contributed by atoms with E-state index in [-0.39, 0.29) is 18.3 Å². The van der Waals surface area contributed by atoms with E-state index < -0.39 is 0 Å². The molecule has 0 unspecified atom stereocenters. The van der Waals surface area contributed by atoms with Crippen LogP contribution in [-0.4, -0.2) is 22.1 Å². The number of aryl methyl sites for hydroxylation is 3. The second kappa shape index (κ2) is 9.64. The van der Waals surface area contributed by atoms with Crippen molar-refractivity contribution in [2.75, 3.05) is 6.61 Å². The van der Waals surface area contributed by atoms with Crippen molar-refractivity contribution in [3.63, 3.8) is 0 Å². The summed E-state index contributed by atoms with van der Waals surface area (Å²) in [6.45, 7) is 5.68. The molecule has 32 heavy (non-hydrogen) atoms. The zero-order chi connectivity index (χ0) is 22.5. The zero-order valence-corrected chi connectivity index (χ0v) is 18.3. The molecule has 0 radical (unpaired) electrons. The highest BCUT2D eigenvalue weighted by molar-refractivity contribution is 5.94. The van der Waals surface area contributed by atoms with Crippen molar-refractivity contribution in [3.05, 3.63) is 95.1 Å². The zero-order valence-electron chi connectivity index (χ0n) is 18.3. The smallest absolute Gasteiger partial charge is 0.251 e. The van der Waals surface area contributed by atoms with Gasteiger partial charge in [-0.05, 0) is 67.8 Å². The summed E-state index contributed by atoms with van der Waals surface area (Å²) in [5.41, 5.74) is 4.57. The van der Waals surface area contributed by atoms with Gasteiger partial charge in [-0.3, -0.25) is 4.79 Å². The van der Waals surface area contributed by atoms with Crippen LogP contribution in [0.25, 0.3) is 11.0 Å². The van der Waals surface area contributed by atoms with Crippen LogP contribution in [0.2, 0.25) is 0 Å². The number of hydrogen-bond donors (Lipinski definition) is 1. The first-order valence-corrected chi connectivity index (χ1v) is 10.7. The molecule has 0 atom stereocenters. The number of nitrogens with zero attached hydrogens (tertiary/aromatic N) is 2. The van der Waals surface area contributed by atoms with Crippen LogP contribution in [0, 0.1) is 19.7 Å². The lowest BCUT2D eigenvalue weighted by Crippen LogP contribution is -2.25. The number of carbonyl (C=O) groups is 1. The second-order valence-electron chi connectivity index (χ2n) is 7.78. The normalized spacial score (nSPS) is 11.0. The van der Waals surface area contributed by atoms with E-state index >= 15 is 0 Å². The molecule has 0 aliphatic rings. The minimum atomic E-state index is -0.369. The molecule has 0 fully saturated rings. The van der Waals surface area contributed by atoms with E-state index in [0.717, 1.165) is 40.2 Å². The monoisotopic (exact) mass is 431 g/mol. The molecule has 6 heteroatoms. The Kier molecular flexibility index (Phi) is 6.50. The lowest BCUT2D eigenvalue weighted by Gasteiger charge is -2.13. The van der Waals surface area contributed by atoms with Crippen molar-refractivity contribution < 1.29 is 13.9 Å². The summed E-state index contributed by atoms with van der Waals surface area (Å²) in [4.78, 5) is 17.2. The van der Waals surface area contributed by atoms with E-state index in [0.29, 0.717) is 18.7 Å². The van der Waals surface area contributed by atoms with Crippen LogP contribution in [0.15, 0.2) is 66.7 Å². The van der Waals surface area contributed by atoms with Gasteiger partial charge < -0.3 is 14.6 Å². The van der Waals surface area contributed by atoms with Crippen molar-refractivity contribution >= 4 is 16.9 Å². The van der Waals surface area contributed by atoms with Gasteiger partial charge in [0.25, 0.3) is 5.91 Å². The van der Waals surface area contributed by atoms with E-state index in [1.807, 2.05) is 56.3 Å². The number of halogens is 1. The molecule has 0 spiro atoms. The summed E-state index contributed by atoms with van der Waals surface area (Å²) < 4.78 is 21.3. The molecule has 1 amide bonds. The van der Waals surface area contributed by atoms with Gasteiger partial charge in [0.05, 0.1) is 24.2 Å². The predicted molar refractivity (Wildman–Crippen MR) is 123 cm³/mol. The number of benzene rings is 3. The first kappa shape index (κ1) is 21.6. The number of rotatable bonds is 8. The molecule has 0 bridgehead atoms. The first-order valence-electron chi connectivity index (χ1n) is 10.7. The Labute approximate surface area is 186 Å². The molecule has 1 heterocycles. The minimum Gasteiger partial charge on any atom is -0.493 e. The molecule has 4 aromatic rings. The summed E-state index contributed by atoms with van der Waals surface area (Å²) in [6, 6.07) is 19.5. The van der Waals surface area contributed by atoms with Crippen molar-refractivity contribution in [1.82, 2.24) is 14.9 Å². The Morgan fingerprint density at radius 3 is 2.47 bits per heavy atom. The molecule has 0 saturated heterocycles. The van der Waals surface area contributed by atoms with Crippen LogP contribution in [0.5, 0.6) is 5.75 Å². The fourth-order valence-electron chi connectivity index (χ4n) is 3.80. The Hall–Kier alpha value is -3.67. The van der Waals surface area contributed by atoms with Crippen LogP contribution in [0.4, 0.5) is 4.39 Å². The van der Waals surface area contributed by atoms with Crippen molar-refractivity contribution in [3.8, 4) is 5.75 Å². The van der Waals surface area contributed by atoms with E-state index in [1.165, 1.54) is 24.3 Å². The topological polar surface area (TPSA) is 56.1 Å². The number of imidazole rings is 1. The highest BCUT2D eigenvalue weighted by Crippen LogP contribution is 2.23. The van der Waals surface area contributed by atoms with Gasteiger partial charge in [-0.2, -0.15) is 0 Å². The third kappa shape index (κ3) is 4.80. The number of amides is 1. The van der Waals surface area contributed by atoms with Crippen LogP contribution < -0.4 is 10.1 Å². The lowest BCUT2D eigenvalue weighted by atomic mass is 10.1. The van der Waals surface area contributed by atoms with E-state index in [4.69, 9.17) is 9.72 Å². The minimum absolute atomic E-state index is 0.262. The Balaban J connectivity index is 1.44. The third-order valence-electron chi connectivity index (χ3n) is 5.43. The summed E-state index contributed by atoms with van der Waals surface area (Å²) >= 11 is 0. The number of hydrogen-bond acceptors (Lipinski definition) is 3. The molecule has 0 aliphatic heterocycles. The van der Waals surface area contributed by atoms with Gasteiger partial charge in [0.2, 0.25) is 0 Å². The van der Waals surface area contributed by atoms with Crippen LogP contribution in [0.1, 0.15) is 33.7 Å². The lowest BCUT2D eigenvalue weighted by molar-refractivity contribution is 0.0949. The summed E-state index contributed by atoms with van der Waals surface area (Å²) in [7, 11) is 0. The first-order chi connectivity index (χ1) is 15.5. The molecule has 3 aromatic carbocycles. The van der Waals surface area contributed by atoms with Gasteiger partial charge in [-0.25, -0.2) is 9.37 Å². The average Bonchev–Trinajstić information content (AvgIpc) is 3.14. The number of fused-ring (bicyclic) bond motifs is 1. The van der Waals surface area contributed by atoms with E-state index in [1.54, 1.807) is 0 Å². The number of carbonyl (C=O) groups excluding carboxylic acids is 1. The summed E-state index contributed by atoms with van der Waals surface area (Å²) in [5, 5.41) is 2.89. The van der Waals surface area contributed by atoms with Crippen molar-refractivity contribution in [1.29, 1.82) is 0 Å². The number of nitrogens with one attached hydrogen (secondary N) is 1. The van der Waals surface area contributed by atoms with Gasteiger partial charge in [0, 0.05) is 12.1 Å². The number of ether oxygens (including phenoxy) is 1. The molecule has 4 rings (SSSR count). The Bertz CT molecular complexity index is 1210. The molecular weight excluding hydrogens is 405 g/mol. The summed E-state index contributed by atoms with van der Waals surface area (Å²) in [5.74, 6) is 1.08. The molecule has 5 nitrogen and oxygen atoms in total. The third-order valence-corrected chi connectivity index (χ3v) is 5.43. The highest BCUT2D eigenvalue weighted by atomic mass is 19.1. The van der Waals surface area contributed by atoms with Gasteiger partial charge in [0.15, 0.2) is 0 Å². The van der Waals surface area contributed by atoms with Crippen LogP contribution in [-0.2, 0) is 13.1 Å². The molecule has 1 aromatic heterocycles. The maximum atomic E-state index is 13.1. The molecular formula is C26H26FN3O2. The van der Waals surface area contributed by atoms with Gasteiger partial charge in [-0.15, -0.1) is 0 Å². The average molecular weight is 432 g/mol. The summed E-state index contributed by atoms with van der Waals surface area (Å²) in [6.07, 6.45) is 0.799. The quantitative estimate of drug-likeness (QED) is 0.391. The van der Waals surface area contributed by atoms with Crippen LogP contribution in [0.3, 0.4) is 0 Å². The number of aromatic nitrogens is 2. The molecule has 0 aliphatic carbocycles. The van der Waals surface area contributed by atoms with Gasteiger partial charge >= 0.3 is 0 Å². The van der Waals surface area contributed by atoms with Gasteiger partial charge in [-0.1, -0.05) is 30.3 Å².